The third-order valence-corrected chi connectivity index (χ3v) is 3.87. The molecule has 0 saturated heterocycles. The first-order valence-corrected chi connectivity index (χ1v) is 4.43. The molecule has 7 heteroatoms. The second-order valence-electron chi connectivity index (χ2n) is 1.45. The lowest BCUT2D eigenvalue weighted by Crippen LogP contribution is -2.34. The molecular formula is C3HBr3F4. The molecule has 0 aromatic heterocycles. The van der Waals surface area contributed by atoms with Crippen molar-refractivity contribution in [3.05, 3.63) is 0 Å². The van der Waals surface area contributed by atoms with Crippen LogP contribution in [-0.2, 0) is 0 Å². The molecule has 0 radical (unpaired) electrons. The van der Waals surface area contributed by atoms with Gasteiger partial charge in [0.15, 0.2) is 4.83 Å². The number of halogens is 7. The largest absolute Gasteiger partial charge is 0.320 e. The average molecular weight is 353 g/mol. The van der Waals surface area contributed by atoms with Crippen LogP contribution in [0.25, 0.3) is 0 Å². The minimum atomic E-state index is -3.62. The summed E-state index contributed by atoms with van der Waals surface area (Å²) in [5.41, 5.74) is 0. The van der Waals surface area contributed by atoms with Gasteiger partial charge in [0.25, 0.3) is 0 Å². The summed E-state index contributed by atoms with van der Waals surface area (Å²) in [6.45, 7) is 0. The SMILES string of the molecule is FC(F)(Br)C(Br)C(F)(F)Br. The van der Waals surface area contributed by atoms with Crippen LogP contribution >= 0.6 is 47.8 Å². The fourth-order valence-electron chi connectivity index (χ4n) is 0.186. The maximum Gasteiger partial charge on any atom is 0.320 e. The summed E-state index contributed by atoms with van der Waals surface area (Å²) in [5.74, 6) is 0. The van der Waals surface area contributed by atoms with E-state index in [9.17, 15) is 17.6 Å². The molecule has 0 saturated carbocycles. The molecule has 0 N–H and O–H groups in total. The van der Waals surface area contributed by atoms with Gasteiger partial charge in [0.2, 0.25) is 0 Å². The zero-order valence-electron chi connectivity index (χ0n) is 4.22. The van der Waals surface area contributed by atoms with Gasteiger partial charge in [0.1, 0.15) is 0 Å². The Labute approximate surface area is 79.7 Å². The van der Waals surface area contributed by atoms with Gasteiger partial charge in [-0.25, -0.2) is 0 Å². The molecule has 0 bridgehead atoms. The van der Waals surface area contributed by atoms with Crippen molar-refractivity contribution in [2.75, 3.05) is 0 Å². The third kappa shape index (κ3) is 3.52. The van der Waals surface area contributed by atoms with Gasteiger partial charge >= 0.3 is 9.66 Å². The number of alkyl halides is 7. The standard InChI is InChI=1S/C3HBr3F4/c4-1(2(5,7)8)3(6,9)10/h1H. The second-order valence-corrected chi connectivity index (χ2v) is 4.48. The summed E-state index contributed by atoms with van der Waals surface area (Å²) in [6, 6.07) is 0. The van der Waals surface area contributed by atoms with Gasteiger partial charge in [-0.3, -0.25) is 0 Å². The number of hydrogen-bond acceptors (Lipinski definition) is 0. The molecule has 62 valence electrons. The normalized spacial score (nSPS) is 14.4. The third-order valence-electron chi connectivity index (χ3n) is 0.575. The molecule has 0 spiro atoms. The van der Waals surface area contributed by atoms with E-state index in [2.05, 4.69) is 15.9 Å². The summed E-state index contributed by atoms with van der Waals surface area (Å²) < 4.78 is 47.9. The lowest BCUT2D eigenvalue weighted by Gasteiger charge is -2.19. The first-order chi connectivity index (χ1) is 4.15. The van der Waals surface area contributed by atoms with E-state index < -0.39 is 14.5 Å². The molecule has 0 heterocycles. The van der Waals surface area contributed by atoms with Crippen molar-refractivity contribution < 1.29 is 17.6 Å². The Balaban J connectivity index is 4.23. The zero-order valence-corrected chi connectivity index (χ0v) is 8.98. The molecule has 0 atom stereocenters. The molecule has 0 aliphatic rings. The smallest absolute Gasteiger partial charge is 0.192 e. The van der Waals surface area contributed by atoms with Crippen LogP contribution in [0.2, 0.25) is 0 Å². The maximum absolute atomic E-state index is 12.0. The van der Waals surface area contributed by atoms with Crippen molar-refractivity contribution in [1.29, 1.82) is 0 Å². The molecule has 0 unspecified atom stereocenters. The van der Waals surface area contributed by atoms with E-state index in [1.807, 2.05) is 0 Å². The lowest BCUT2D eigenvalue weighted by molar-refractivity contribution is 0.0189. The molecular weight excluding hydrogens is 352 g/mol. The highest BCUT2D eigenvalue weighted by molar-refractivity contribution is 9.14. The molecule has 0 aliphatic carbocycles. The van der Waals surface area contributed by atoms with Crippen LogP contribution in [0.5, 0.6) is 0 Å². The van der Waals surface area contributed by atoms with E-state index in [-0.39, 0.29) is 0 Å². The predicted octanol–water partition coefficient (Wildman–Crippen LogP) is 3.73. The van der Waals surface area contributed by atoms with Crippen molar-refractivity contribution in [1.82, 2.24) is 0 Å². The van der Waals surface area contributed by atoms with E-state index >= 15 is 0 Å². The van der Waals surface area contributed by atoms with E-state index in [1.54, 1.807) is 31.9 Å². The first kappa shape index (κ1) is 11.2. The second kappa shape index (κ2) is 3.26. The summed E-state index contributed by atoms with van der Waals surface area (Å²) in [6.07, 6.45) is 0. The Hall–Kier alpha value is 1.16. The Morgan fingerprint density at radius 1 is 0.900 bits per heavy atom. The van der Waals surface area contributed by atoms with Crippen molar-refractivity contribution in [2.45, 2.75) is 14.5 Å². The lowest BCUT2D eigenvalue weighted by atomic mass is 10.5. The van der Waals surface area contributed by atoms with Crippen molar-refractivity contribution in [2.24, 2.45) is 0 Å². The molecule has 0 aromatic carbocycles. The quantitative estimate of drug-likeness (QED) is 0.525. The highest BCUT2D eigenvalue weighted by Crippen LogP contribution is 2.43. The van der Waals surface area contributed by atoms with Gasteiger partial charge in [0, 0.05) is 0 Å². The number of rotatable bonds is 2. The minimum absolute atomic E-state index is 1.79. The van der Waals surface area contributed by atoms with Gasteiger partial charge in [-0.15, -0.1) is 0 Å². The summed E-state index contributed by atoms with van der Waals surface area (Å²) in [4.78, 5) is -9.51. The topological polar surface area (TPSA) is 0 Å². The zero-order chi connectivity index (χ0) is 8.58. The Morgan fingerprint density at radius 3 is 1.10 bits per heavy atom. The van der Waals surface area contributed by atoms with Crippen LogP contribution in [-0.4, -0.2) is 14.5 Å². The van der Waals surface area contributed by atoms with Gasteiger partial charge in [-0.05, 0) is 31.9 Å². The molecule has 0 aromatic rings. The molecule has 0 amide bonds. The van der Waals surface area contributed by atoms with Crippen LogP contribution in [0.4, 0.5) is 17.6 Å². The molecule has 0 fully saturated rings. The van der Waals surface area contributed by atoms with Gasteiger partial charge < -0.3 is 0 Å². The van der Waals surface area contributed by atoms with Crippen molar-refractivity contribution in [3.63, 3.8) is 0 Å². The van der Waals surface area contributed by atoms with Crippen molar-refractivity contribution >= 4 is 47.8 Å². The van der Waals surface area contributed by atoms with Crippen LogP contribution in [0, 0.1) is 0 Å². The fraction of sp³-hybridized carbons (Fsp3) is 1.00. The van der Waals surface area contributed by atoms with Crippen LogP contribution in [0.1, 0.15) is 0 Å². The molecule has 0 aliphatic heterocycles. The maximum atomic E-state index is 12.0. The van der Waals surface area contributed by atoms with Crippen LogP contribution < -0.4 is 0 Å². The highest BCUT2D eigenvalue weighted by atomic mass is 79.9. The monoisotopic (exact) mass is 350 g/mol. The van der Waals surface area contributed by atoms with Crippen LogP contribution in [0.15, 0.2) is 0 Å². The van der Waals surface area contributed by atoms with Gasteiger partial charge in [-0.2, -0.15) is 17.6 Å². The Morgan fingerprint density at radius 2 is 1.10 bits per heavy atom. The first-order valence-electron chi connectivity index (χ1n) is 1.93. The Bertz CT molecular complexity index is 99.9. The summed E-state index contributed by atoms with van der Waals surface area (Å²) in [7, 11) is 0. The molecule has 0 nitrogen and oxygen atoms in total. The van der Waals surface area contributed by atoms with Gasteiger partial charge in [-0.1, -0.05) is 15.9 Å². The number of hydrogen-bond donors (Lipinski definition) is 0. The highest BCUT2D eigenvalue weighted by Gasteiger charge is 2.50. The van der Waals surface area contributed by atoms with E-state index in [1.165, 1.54) is 0 Å². The fourth-order valence-corrected chi connectivity index (χ4v) is 1.07. The molecule has 10 heavy (non-hydrogen) atoms. The summed E-state index contributed by atoms with van der Waals surface area (Å²) in [5, 5.41) is 0. The summed E-state index contributed by atoms with van der Waals surface area (Å²) >= 11 is 5.70. The van der Waals surface area contributed by atoms with E-state index in [4.69, 9.17) is 0 Å². The minimum Gasteiger partial charge on any atom is -0.192 e. The average Bonchev–Trinajstić information content (AvgIpc) is 1.59. The Kier molecular flexibility index (Phi) is 3.64. The van der Waals surface area contributed by atoms with Crippen LogP contribution in [0.3, 0.4) is 0 Å². The molecule has 0 rings (SSSR count). The van der Waals surface area contributed by atoms with Gasteiger partial charge in [0.05, 0.1) is 0 Å². The van der Waals surface area contributed by atoms with E-state index in [0.29, 0.717) is 0 Å². The van der Waals surface area contributed by atoms with E-state index in [0.717, 1.165) is 0 Å². The predicted molar refractivity (Wildman–Crippen MR) is 40.5 cm³/mol. The van der Waals surface area contributed by atoms with Crippen molar-refractivity contribution in [3.8, 4) is 0 Å².